The highest BCUT2D eigenvalue weighted by Gasteiger charge is 2.17. The topological polar surface area (TPSA) is 64.0 Å². The fourth-order valence-electron chi connectivity index (χ4n) is 2.94. The van der Waals surface area contributed by atoms with Gasteiger partial charge in [0, 0.05) is 24.2 Å². The zero-order valence-corrected chi connectivity index (χ0v) is 15.8. The smallest absolute Gasteiger partial charge is 0.247 e. The molecule has 134 valence electrons. The molecular weight excluding hydrogens is 314 g/mol. The van der Waals surface area contributed by atoms with Crippen LogP contribution >= 0.6 is 0 Å². The first-order chi connectivity index (χ1) is 11.8. The summed E-state index contributed by atoms with van der Waals surface area (Å²) < 4.78 is 1.45. The first-order valence-electron chi connectivity index (χ1n) is 8.78. The number of carbonyl (C=O) groups excluding carboxylic acids is 2. The summed E-state index contributed by atoms with van der Waals surface area (Å²) in [5.41, 5.74) is 5.81. The molecule has 1 N–H and O–H groups in total. The molecule has 0 aliphatic heterocycles. The van der Waals surface area contributed by atoms with Crippen molar-refractivity contribution in [2.24, 2.45) is 0 Å². The highest BCUT2D eigenvalue weighted by Crippen LogP contribution is 2.18. The van der Waals surface area contributed by atoms with Crippen molar-refractivity contribution in [3.05, 3.63) is 46.3 Å². The zero-order chi connectivity index (χ0) is 18.6. The second-order valence-electron chi connectivity index (χ2n) is 6.57. The molecule has 5 nitrogen and oxygen atoms in total. The number of hydrogen-bond donors (Lipinski definition) is 1. The fraction of sp³-hybridized carbons (Fsp3) is 0.450. The summed E-state index contributed by atoms with van der Waals surface area (Å²) in [5.74, 6) is -0.295. The Morgan fingerprint density at radius 2 is 1.84 bits per heavy atom. The maximum atomic E-state index is 12.4. The molecule has 5 heteroatoms. The molecule has 0 unspecified atom stereocenters. The summed E-state index contributed by atoms with van der Waals surface area (Å²) in [7, 11) is 0. The van der Waals surface area contributed by atoms with Crippen molar-refractivity contribution in [1.29, 1.82) is 0 Å². The summed E-state index contributed by atoms with van der Waals surface area (Å²) in [6.07, 6.45) is 2.22. The van der Waals surface area contributed by atoms with E-state index in [1.807, 2.05) is 45.9 Å². The van der Waals surface area contributed by atoms with Crippen LogP contribution in [-0.2, 0) is 11.2 Å². The van der Waals surface area contributed by atoms with Crippen LogP contribution < -0.4 is 5.32 Å². The van der Waals surface area contributed by atoms with Crippen molar-refractivity contribution in [3.63, 3.8) is 0 Å². The lowest BCUT2D eigenvalue weighted by atomic mass is 10.1. The Balaban J connectivity index is 1.99. The Labute approximate surface area is 149 Å². The average molecular weight is 341 g/mol. The monoisotopic (exact) mass is 341 g/mol. The van der Waals surface area contributed by atoms with Crippen LogP contribution in [0.15, 0.2) is 18.2 Å². The van der Waals surface area contributed by atoms with Crippen molar-refractivity contribution >= 4 is 17.5 Å². The van der Waals surface area contributed by atoms with E-state index in [-0.39, 0.29) is 24.7 Å². The third kappa shape index (κ3) is 4.56. The van der Waals surface area contributed by atoms with Gasteiger partial charge in [0.25, 0.3) is 0 Å². The van der Waals surface area contributed by atoms with Gasteiger partial charge in [-0.2, -0.15) is 5.10 Å². The SMILES string of the molecule is CCCc1c(C)nn(C(=O)CCC(=O)Nc2cc(C)ccc2C)c1C. The van der Waals surface area contributed by atoms with E-state index >= 15 is 0 Å². The highest BCUT2D eigenvalue weighted by atomic mass is 16.2. The predicted molar refractivity (Wildman–Crippen MR) is 100 cm³/mol. The van der Waals surface area contributed by atoms with Gasteiger partial charge in [-0.25, -0.2) is 4.68 Å². The lowest BCUT2D eigenvalue weighted by Gasteiger charge is -2.09. The molecule has 0 fully saturated rings. The van der Waals surface area contributed by atoms with Gasteiger partial charge in [0.15, 0.2) is 0 Å². The van der Waals surface area contributed by atoms with Crippen LogP contribution in [0.1, 0.15) is 59.1 Å². The molecule has 0 aliphatic rings. The molecule has 0 saturated carbocycles. The zero-order valence-electron chi connectivity index (χ0n) is 15.8. The second-order valence-corrected chi connectivity index (χ2v) is 6.57. The Morgan fingerprint density at radius 1 is 1.12 bits per heavy atom. The van der Waals surface area contributed by atoms with Gasteiger partial charge in [0.1, 0.15) is 0 Å². The van der Waals surface area contributed by atoms with E-state index in [1.165, 1.54) is 4.68 Å². The van der Waals surface area contributed by atoms with E-state index in [4.69, 9.17) is 0 Å². The number of rotatable bonds is 6. The quantitative estimate of drug-likeness (QED) is 0.859. The number of carbonyl (C=O) groups is 2. The third-order valence-electron chi connectivity index (χ3n) is 4.41. The number of anilines is 1. The molecule has 2 rings (SSSR count). The van der Waals surface area contributed by atoms with E-state index in [2.05, 4.69) is 17.3 Å². The molecule has 0 atom stereocenters. The minimum Gasteiger partial charge on any atom is -0.326 e. The normalized spacial score (nSPS) is 10.8. The van der Waals surface area contributed by atoms with E-state index < -0.39 is 0 Å². The Bertz CT molecular complexity index is 790. The van der Waals surface area contributed by atoms with Crippen LogP contribution in [0.25, 0.3) is 0 Å². The van der Waals surface area contributed by atoms with Crippen molar-refractivity contribution in [3.8, 4) is 0 Å². The van der Waals surface area contributed by atoms with Crippen molar-refractivity contribution < 1.29 is 9.59 Å². The molecule has 0 aliphatic carbocycles. The number of amides is 1. The maximum Gasteiger partial charge on any atom is 0.247 e. The minimum absolute atomic E-state index is 0.140. The summed E-state index contributed by atoms with van der Waals surface area (Å²) in [4.78, 5) is 24.6. The van der Waals surface area contributed by atoms with Crippen LogP contribution in [-0.4, -0.2) is 21.6 Å². The number of nitrogens with zero attached hydrogens (tertiary/aromatic N) is 2. The molecule has 0 bridgehead atoms. The molecule has 25 heavy (non-hydrogen) atoms. The Morgan fingerprint density at radius 3 is 2.52 bits per heavy atom. The average Bonchev–Trinajstić information content (AvgIpc) is 2.84. The van der Waals surface area contributed by atoms with Crippen LogP contribution in [0.4, 0.5) is 5.69 Å². The summed E-state index contributed by atoms with van der Waals surface area (Å²) >= 11 is 0. The largest absolute Gasteiger partial charge is 0.326 e. The molecule has 0 radical (unpaired) electrons. The molecule has 0 spiro atoms. The number of aryl methyl sites for hydroxylation is 3. The van der Waals surface area contributed by atoms with Gasteiger partial charge in [-0.05, 0) is 56.9 Å². The molecular formula is C20H27N3O2. The Kier molecular flexibility index (Phi) is 6.12. The van der Waals surface area contributed by atoms with E-state index in [9.17, 15) is 9.59 Å². The lowest BCUT2D eigenvalue weighted by Crippen LogP contribution is -2.19. The summed E-state index contributed by atoms with van der Waals surface area (Å²) in [6, 6.07) is 5.92. The van der Waals surface area contributed by atoms with Gasteiger partial charge >= 0.3 is 0 Å². The summed E-state index contributed by atoms with van der Waals surface area (Å²) in [6.45, 7) is 9.88. The standard InChI is InChI=1S/C20H27N3O2/c1-6-7-17-15(4)22-23(16(17)5)20(25)11-10-19(24)21-18-12-13(2)8-9-14(18)3/h8-9,12H,6-7,10-11H2,1-5H3,(H,21,24). The first-order valence-corrected chi connectivity index (χ1v) is 8.78. The van der Waals surface area contributed by atoms with Crippen LogP contribution in [0.5, 0.6) is 0 Å². The minimum atomic E-state index is -0.155. The van der Waals surface area contributed by atoms with Gasteiger partial charge < -0.3 is 5.32 Å². The number of benzene rings is 1. The predicted octanol–water partition coefficient (Wildman–Crippen LogP) is 4.13. The fourth-order valence-corrected chi connectivity index (χ4v) is 2.94. The number of aromatic nitrogens is 2. The molecule has 0 saturated heterocycles. The molecule has 2 aromatic rings. The molecule has 1 aromatic heterocycles. The maximum absolute atomic E-state index is 12.4. The van der Waals surface area contributed by atoms with Crippen LogP contribution in [0, 0.1) is 27.7 Å². The van der Waals surface area contributed by atoms with E-state index in [0.29, 0.717) is 0 Å². The highest BCUT2D eigenvalue weighted by molar-refractivity contribution is 5.94. The van der Waals surface area contributed by atoms with Crippen molar-refractivity contribution in [2.75, 3.05) is 5.32 Å². The van der Waals surface area contributed by atoms with Crippen LogP contribution in [0.3, 0.4) is 0 Å². The molecule has 1 aromatic carbocycles. The molecule has 1 amide bonds. The first kappa shape index (κ1) is 18.9. The van der Waals surface area contributed by atoms with Gasteiger partial charge in [-0.1, -0.05) is 25.5 Å². The Hall–Kier alpha value is -2.43. The molecule has 1 heterocycles. The van der Waals surface area contributed by atoms with Crippen LogP contribution in [0.2, 0.25) is 0 Å². The lowest BCUT2D eigenvalue weighted by molar-refractivity contribution is -0.116. The summed E-state index contributed by atoms with van der Waals surface area (Å²) in [5, 5.41) is 7.24. The number of nitrogens with one attached hydrogen (secondary N) is 1. The van der Waals surface area contributed by atoms with E-state index in [0.717, 1.165) is 46.6 Å². The van der Waals surface area contributed by atoms with Gasteiger partial charge in [0.05, 0.1) is 5.69 Å². The second kappa shape index (κ2) is 8.10. The number of hydrogen-bond acceptors (Lipinski definition) is 3. The third-order valence-corrected chi connectivity index (χ3v) is 4.41. The van der Waals surface area contributed by atoms with Gasteiger partial charge in [0.2, 0.25) is 11.8 Å². The van der Waals surface area contributed by atoms with Gasteiger partial charge in [-0.15, -0.1) is 0 Å². The van der Waals surface area contributed by atoms with Gasteiger partial charge in [-0.3, -0.25) is 9.59 Å². The van der Waals surface area contributed by atoms with Crippen molar-refractivity contribution in [1.82, 2.24) is 9.78 Å². The van der Waals surface area contributed by atoms with E-state index in [1.54, 1.807) is 0 Å². The van der Waals surface area contributed by atoms with Crippen molar-refractivity contribution in [2.45, 2.75) is 60.3 Å².